The summed E-state index contributed by atoms with van der Waals surface area (Å²) in [4.78, 5) is 11.2. The average Bonchev–Trinajstić information content (AvgIpc) is 2.23. The van der Waals surface area contributed by atoms with Gasteiger partial charge in [-0.2, -0.15) is 11.8 Å². The van der Waals surface area contributed by atoms with Crippen LogP contribution in [0.15, 0.2) is 0 Å². The number of thioether (sulfide) groups is 1. The molecule has 0 aromatic carbocycles. The summed E-state index contributed by atoms with van der Waals surface area (Å²) >= 11 is 1.72. The Bertz CT molecular complexity index is 224. The van der Waals surface area contributed by atoms with Gasteiger partial charge in [-0.25, -0.2) is 0 Å². The lowest BCUT2D eigenvalue weighted by Gasteiger charge is -2.25. The molecule has 3 atom stereocenters. The van der Waals surface area contributed by atoms with Gasteiger partial charge in [0.1, 0.15) is 0 Å². The first-order chi connectivity index (χ1) is 7.33. The molecule has 5 heteroatoms. The number of rotatable bonds is 8. The number of aliphatic hydroxyl groups is 1. The van der Waals surface area contributed by atoms with Crippen LogP contribution >= 0.6 is 11.8 Å². The van der Waals surface area contributed by atoms with Crippen molar-refractivity contribution in [3.63, 3.8) is 0 Å². The molecule has 0 aliphatic heterocycles. The first-order valence-electron chi connectivity index (χ1n) is 5.62. The van der Waals surface area contributed by atoms with Gasteiger partial charge in [-0.15, -0.1) is 0 Å². The second kappa shape index (κ2) is 7.14. The number of aliphatic hydroxyl groups excluding tert-OH is 1. The zero-order valence-corrected chi connectivity index (χ0v) is 11.4. The third kappa shape index (κ3) is 5.18. The Balaban J connectivity index is 3.85. The van der Waals surface area contributed by atoms with E-state index in [-0.39, 0.29) is 17.3 Å². The number of hydrogen-bond acceptors (Lipinski definition) is 4. The second-order valence-electron chi connectivity index (χ2n) is 4.37. The highest BCUT2D eigenvalue weighted by Gasteiger charge is 2.28. The van der Waals surface area contributed by atoms with E-state index in [0.29, 0.717) is 0 Å². The molecule has 0 saturated heterocycles. The van der Waals surface area contributed by atoms with Crippen LogP contribution in [0.4, 0.5) is 0 Å². The highest BCUT2D eigenvalue weighted by Crippen LogP contribution is 2.19. The van der Waals surface area contributed by atoms with Crippen molar-refractivity contribution < 1.29 is 9.90 Å². The molecule has 0 rings (SSSR count). The minimum absolute atomic E-state index is 0.231. The van der Waals surface area contributed by atoms with Crippen LogP contribution in [0.3, 0.4) is 0 Å². The van der Waals surface area contributed by atoms with Crippen LogP contribution < -0.4 is 11.1 Å². The quantitative estimate of drug-likeness (QED) is 0.554. The summed E-state index contributed by atoms with van der Waals surface area (Å²) in [6.45, 7) is 5.61. The van der Waals surface area contributed by atoms with Gasteiger partial charge in [0, 0.05) is 5.25 Å². The highest BCUT2D eigenvalue weighted by molar-refractivity contribution is 7.99. The summed E-state index contributed by atoms with van der Waals surface area (Å²) in [5.74, 6) is 0.611. The van der Waals surface area contributed by atoms with Crippen molar-refractivity contribution in [2.75, 3.05) is 12.8 Å². The van der Waals surface area contributed by atoms with Crippen LogP contribution in [-0.2, 0) is 4.79 Å². The Labute approximate surface area is 102 Å². The molecule has 0 heterocycles. The summed E-state index contributed by atoms with van der Waals surface area (Å²) in [5.41, 5.74) is 4.71. The number of amides is 1. The maximum absolute atomic E-state index is 11.2. The maximum Gasteiger partial charge on any atom is 0.237 e. The lowest BCUT2D eigenvalue weighted by Crippen LogP contribution is -2.51. The Hall–Kier alpha value is -0.260. The van der Waals surface area contributed by atoms with Crippen LogP contribution in [0.2, 0.25) is 0 Å². The molecule has 0 fully saturated rings. The lowest BCUT2D eigenvalue weighted by atomic mass is 9.96. The smallest absolute Gasteiger partial charge is 0.237 e. The fourth-order valence-electron chi connectivity index (χ4n) is 1.21. The number of hydrogen-bond donors (Lipinski definition) is 3. The molecule has 3 unspecified atom stereocenters. The number of primary amides is 1. The molecule has 96 valence electrons. The van der Waals surface area contributed by atoms with E-state index in [9.17, 15) is 9.90 Å². The van der Waals surface area contributed by atoms with Gasteiger partial charge in [-0.3, -0.25) is 4.79 Å². The van der Waals surface area contributed by atoms with E-state index >= 15 is 0 Å². The van der Waals surface area contributed by atoms with Gasteiger partial charge in [-0.1, -0.05) is 6.92 Å². The molecule has 1 amide bonds. The Morgan fingerprint density at radius 1 is 1.56 bits per heavy atom. The van der Waals surface area contributed by atoms with Crippen LogP contribution in [0.1, 0.15) is 33.6 Å². The maximum atomic E-state index is 11.2. The van der Waals surface area contributed by atoms with E-state index < -0.39 is 5.54 Å². The summed E-state index contributed by atoms with van der Waals surface area (Å²) in [6.07, 6.45) is 1.33. The highest BCUT2D eigenvalue weighted by atomic mass is 32.2. The molecular weight excluding hydrogens is 224 g/mol. The van der Waals surface area contributed by atoms with Gasteiger partial charge in [0.25, 0.3) is 0 Å². The molecule has 0 aromatic heterocycles. The van der Waals surface area contributed by atoms with Crippen molar-refractivity contribution >= 4 is 17.7 Å². The zero-order chi connectivity index (χ0) is 12.8. The summed E-state index contributed by atoms with van der Waals surface area (Å²) < 4.78 is 0. The van der Waals surface area contributed by atoms with E-state index in [0.717, 1.165) is 18.6 Å². The van der Waals surface area contributed by atoms with Crippen molar-refractivity contribution in [3.8, 4) is 0 Å². The van der Waals surface area contributed by atoms with Crippen LogP contribution in [0.5, 0.6) is 0 Å². The van der Waals surface area contributed by atoms with E-state index in [1.54, 1.807) is 25.7 Å². The van der Waals surface area contributed by atoms with Crippen molar-refractivity contribution in [2.45, 2.75) is 50.5 Å². The van der Waals surface area contributed by atoms with Gasteiger partial charge < -0.3 is 16.2 Å². The van der Waals surface area contributed by atoms with Gasteiger partial charge in [0.15, 0.2) is 0 Å². The second-order valence-corrected chi connectivity index (χ2v) is 5.85. The van der Waals surface area contributed by atoms with Gasteiger partial charge in [0.05, 0.1) is 11.6 Å². The Morgan fingerprint density at radius 2 is 2.12 bits per heavy atom. The minimum atomic E-state index is -0.616. The fourth-order valence-corrected chi connectivity index (χ4v) is 2.17. The molecule has 0 radical (unpaired) electrons. The molecule has 0 saturated carbocycles. The average molecular weight is 248 g/mol. The van der Waals surface area contributed by atoms with Gasteiger partial charge in [-0.05, 0) is 39.5 Å². The number of carbonyl (C=O) groups excluding carboxylic acids is 1. The largest absolute Gasteiger partial charge is 0.392 e. The molecule has 4 N–H and O–H groups in total. The number of nitrogens with two attached hydrogens (primary N) is 1. The third-order valence-corrected chi connectivity index (χ3v) is 4.42. The van der Waals surface area contributed by atoms with Gasteiger partial charge in [0.2, 0.25) is 5.91 Å². The monoisotopic (exact) mass is 248 g/mol. The van der Waals surface area contributed by atoms with Crippen LogP contribution in [0, 0.1) is 0 Å². The normalized spacial score (nSPS) is 18.8. The summed E-state index contributed by atoms with van der Waals surface area (Å²) in [7, 11) is 1.75. The Morgan fingerprint density at radius 3 is 2.50 bits per heavy atom. The molecule has 0 aromatic rings. The zero-order valence-electron chi connectivity index (χ0n) is 10.6. The minimum Gasteiger partial charge on any atom is -0.392 e. The Kier molecular flexibility index (Phi) is 7.03. The SMILES string of the molecule is CNC(C)(CCCSC(C)C(C)O)C(N)=O. The van der Waals surface area contributed by atoms with Gasteiger partial charge >= 0.3 is 0 Å². The molecule has 0 spiro atoms. The van der Waals surface area contributed by atoms with Crippen LogP contribution in [0.25, 0.3) is 0 Å². The van der Waals surface area contributed by atoms with E-state index in [4.69, 9.17) is 5.73 Å². The predicted molar refractivity (Wildman–Crippen MR) is 69.5 cm³/mol. The van der Waals surface area contributed by atoms with E-state index in [1.807, 2.05) is 13.8 Å². The summed E-state index contributed by atoms with van der Waals surface area (Å²) in [5, 5.41) is 12.5. The first-order valence-corrected chi connectivity index (χ1v) is 6.67. The number of likely N-dealkylation sites (N-methyl/N-ethyl adjacent to an activating group) is 1. The number of carbonyl (C=O) groups is 1. The molecule has 0 aliphatic carbocycles. The molecular formula is C11H24N2O2S. The van der Waals surface area contributed by atoms with Crippen molar-refractivity contribution in [3.05, 3.63) is 0 Å². The van der Waals surface area contributed by atoms with Crippen molar-refractivity contribution in [2.24, 2.45) is 5.73 Å². The predicted octanol–water partition coefficient (Wildman–Crippen LogP) is 0.733. The lowest BCUT2D eigenvalue weighted by molar-refractivity contribution is -0.123. The van der Waals surface area contributed by atoms with E-state index in [2.05, 4.69) is 5.32 Å². The molecule has 16 heavy (non-hydrogen) atoms. The topological polar surface area (TPSA) is 75.3 Å². The molecule has 0 aliphatic rings. The van der Waals surface area contributed by atoms with Crippen molar-refractivity contribution in [1.29, 1.82) is 0 Å². The summed E-state index contributed by atoms with van der Waals surface area (Å²) in [6, 6.07) is 0. The van der Waals surface area contributed by atoms with Crippen molar-refractivity contribution in [1.82, 2.24) is 5.32 Å². The molecule has 0 bridgehead atoms. The number of nitrogens with one attached hydrogen (secondary N) is 1. The first kappa shape index (κ1) is 15.7. The molecule has 4 nitrogen and oxygen atoms in total. The van der Waals surface area contributed by atoms with E-state index in [1.165, 1.54) is 0 Å². The third-order valence-electron chi connectivity index (χ3n) is 2.98. The fraction of sp³-hybridized carbons (Fsp3) is 0.909. The standard InChI is InChI=1S/C11H24N2O2S/c1-8(14)9(2)16-7-5-6-11(3,13-4)10(12)15/h8-9,13-14H,5-7H2,1-4H3,(H2,12,15). The van der Waals surface area contributed by atoms with Crippen LogP contribution in [-0.4, -0.2) is 40.7 Å².